The van der Waals surface area contributed by atoms with Gasteiger partial charge in [0.15, 0.2) is 0 Å². The Hall–Kier alpha value is -0.0900. The minimum Gasteiger partial charge on any atom is -0.333 e. The second-order valence-electron chi connectivity index (χ2n) is 8.98. The lowest BCUT2D eigenvalue weighted by molar-refractivity contribution is -0.142. The summed E-state index contributed by atoms with van der Waals surface area (Å²) >= 11 is 4.52. The smallest absolute Gasteiger partial charge is 0.223 e. The molecule has 0 aromatic carbocycles. The standard InChI is InChI=1S/C21H31NOS2/c1-14-4-2-5-19-17-7-6-15-13-21(24-10-3-11-25-21)9-8-16(15)18(17)12-20(23)22(14)19/h7,14-16,18-19H,2-6,8-13H2,1H3/t14-,15+,16+,18-,19-/m0/s1. The van der Waals surface area contributed by atoms with Crippen molar-refractivity contribution >= 4 is 29.4 Å². The first-order valence-electron chi connectivity index (χ1n) is 10.5. The highest BCUT2D eigenvalue weighted by atomic mass is 32.2. The zero-order chi connectivity index (χ0) is 17.0. The first-order valence-corrected chi connectivity index (χ1v) is 12.4. The quantitative estimate of drug-likeness (QED) is 0.549. The van der Waals surface area contributed by atoms with Crippen molar-refractivity contribution in [2.45, 2.75) is 80.9 Å². The third-order valence-electron chi connectivity index (χ3n) is 7.63. The van der Waals surface area contributed by atoms with E-state index in [-0.39, 0.29) is 0 Å². The van der Waals surface area contributed by atoms with E-state index in [2.05, 4.69) is 41.4 Å². The molecule has 3 saturated heterocycles. The van der Waals surface area contributed by atoms with Crippen molar-refractivity contribution < 1.29 is 4.79 Å². The number of fused-ring (bicyclic) bond motifs is 5. The molecule has 0 bridgehead atoms. The van der Waals surface area contributed by atoms with E-state index in [0.717, 1.165) is 18.3 Å². The number of thioether (sulfide) groups is 2. The summed E-state index contributed by atoms with van der Waals surface area (Å²) in [6.07, 6.45) is 13.9. The van der Waals surface area contributed by atoms with Crippen LogP contribution in [0, 0.1) is 17.8 Å². The summed E-state index contributed by atoms with van der Waals surface area (Å²) in [5, 5.41) is 0. The number of hydrogen-bond acceptors (Lipinski definition) is 3. The van der Waals surface area contributed by atoms with Crippen LogP contribution in [-0.2, 0) is 4.79 Å². The molecule has 5 aliphatic rings. The van der Waals surface area contributed by atoms with Crippen molar-refractivity contribution in [1.29, 1.82) is 0 Å². The molecular formula is C21H31NOS2. The average Bonchev–Trinajstić information content (AvgIpc) is 2.62. The van der Waals surface area contributed by atoms with E-state index in [1.807, 2.05) is 0 Å². The molecule has 5 rings (SSSR count). The number of allylic oxidation sites excluding steroid dienone is 1. The normalized spacial score (nSPS) is 43.1. The van der Waals surface area contributed by atoms with Gasteiger partial charge in [-0.25, -0.2) is 0 Å². The van der Waals surface area contributed by atoms with Crippen LogP contribution in [0.2, 0.25) is 0 Å². The molecule has 5 atom stereocenters. The van der Waals surface area contributed by atoms with E-state index in [9.17, 15) is 4.79 Å². The number of carbonyl (C=O) groups is 1. The van der Waals surface area contributed by atoms with Gasteiger partial charge >= 0.3 is 0 Å². The van der Waals surface area contributed by atoms with E-state index in [0.29, 0.717) is 28.0 Å². The first kappa shape index (κ1) is 17.0. The molecule has 0 aromatic heterocycles. The lowest BCUT2D eigenvalue weighted by atomic mass is 9.61. The minimum atomic E-state index is 0.449. The highest BCUT2D eigenvalue weighted by Crippen LogP contribution is 2.59. The van der Waals surface area contributed by atoms with Crippen molar-refractivity contribution in [2.24, 2.45) is 17.8 Å². The van der Waals surface area contributed by atoms with Gasteiger partial charge in [-0.05, 0) is 93.1 Å². The Labute approximate surface area is 160 Å². The molecular weight excluding hydrogens is 346 g/mol. The Morgan fingerprint density at radius 3 is 2.84 bits per heavy atom. The van der Waals surface area contributed by atoms with Crippen LogP contribution >= 0.6 is 23.5 Å². The SMILES string of the molecule is C[C@H]1CCC[C@H]2C3=CC[C@@H]4CC5(CC[C@H]4[C@@H]3CC(=O)N12)SCCCS5. The van der Waals surface area contributed by atoms with E-state index in [1.165, 1.54) is 62.9 Å². The van der Waals surface area contributed by atoms with Crippen LogP contribution in [0.1, 0.15) is 64.7 Å². The third kappa shape index (κ3) is 2.81. The van der Waals surface area contributed by atoms with Gasteiger partial charge in [-0.15, -0.1) is 23.5 Å². The maximum atomic E-state index is 13.0. The molecule has 0 aromatic rings. The second-order valence-corrected chi connectivity index (χ2v) is 12.2. The summed E-state index contributed by atoms with van der Waals surface area (Å²) in [6.45, 7) is 2.26. The molecule has 0 radical (unpaired) electrons. The molecule has 0 N–H and O–H groups in total. The van der Waals surface area contributed by atoms with Crippen LogP contribution in [0.15, 0.2) is 11.6 Å². The van der Waals surface area contributed by atoms with Gasteiger partial charge in [-0.2, -0.15) is 0 Å². The molecule has 3 aliphatic heterocycles. The third-order valence-corrected chi connectivity index (χ3v) is 11.1. The topological polar surface area (TPSA) is 20.3 Å². The van der Waals surface area contributed by atoms with E-state index >= 15 is 0 Å². The average molecular weight is 378 g/mol. The van der Waals surface area contributed by atoms with Gasteiger partial charge in [0, 0.05) is 12.5 Å². The van der Waals surface area contributed by atoms with E-state index in [4.69, 9.17) is 0 Å². The Balaban J connectivity index is 1.40. The zero-order valence-electron chi connectivity index (χ0n) is 15.4. The lowest BCUT2D eigenvalue weighted by Gasteiger charge is -2.55. The minimum absolute atomic E-state index is 0.449. The van der Waals surface area contributed by atoms with E-state index in [1.54, 1.807) is 5.57 Å². The Morgan fingerprint density at radius 1 is 1.16 bits per heavy atom. The molecule has 1 amide bonds. The van der Waals surface area contributed by atoms with Crippen molar-refractivity contribution in [1.82, 2.24) is 4.90 Å². The number of rotatable bonds is 0. The van der Waals surface area contributed by atoms with Gasteiger partial charge < -0.3 is 4.90 Å². The van der Waals surface area contributed by atoms with Crippen LogP contribution in [0.3, 0.4) is 0 Å². The van der Waals surface area contributed by atoms with Crippen LogP contribution < -0.4 is 0 Å². The van der Waals surface area contributed by atoms with Crippen molar-refractivity contribution in [3.05, 3.63) is 11.6 Å². The highest BCUT2D eigenvalue weighted by molar-refractivity contribution is 8.18. The fourth-order valence-corrected chi connectivity index (χ4v) is 10.0. The van der Waals surface area contributed by atoms with Crippen LogP contribution in [-0.4, -0.2) is 38.5 Å². The molecule has 138 valence electrons. The van der Waals surface area contributed by atoms with Gasteiger partial charge in [-0.3, -0.25) is 4.79 Å². The largest absolute Gasteiger partial charge is 0.333 e. The Bertz CT molecular complexity index is 582. The summed E-state index contributed by atoms with van der Waals surface area (Å²) < 4.78 is 0.523. The summed E-state index contributed by atoms with van der Waals surface area (Å²) in [7, 11) is 0. The molecule has 4 fully saturated rings. The fraction of sp³-hybridized carbons (Fsp3) is 0.857. The number of amides is 1. The molecule has 2 nitrogen and oxygen atoms in total. The highest BCUT2D eigenvalue weighted by Gasteiger charge is 2.51. The maximum Gasteiger partial charge on any atom is 0.223 e. The molecule has 2 aliphatic carbocycles. The Morgan fingerprint density at radius 2 is 2.00 bits per heavy atom. The van der Waals surface area contributed by atoms with Crippen LogP contribution in [0.4, 0.5) is 0 Å². The molecule has 1 saturated carbocycles. The number of piperidine rings is 2. The predicted octanol–water partition coefficient (Wildman–Crippen LogP) is 5.09. The van der Waals surface area contributed by atoms with Gasteiger partial charge in [0.2, 0.25) is 5.91 Å². The molecule has 1 spiro atoms. The van der Waals surface area contributed by atoms with E-state index < -0.39 is 0 Å². The molecule has 25 heavy (non-hydrogen) atoms. The monoisotopic (exact) mass is 377 g/mol. The first-order chi connectivity index (χ1) is 12.2. The fourth-order valence-electron chi connectivity index (χ4n) is 6.51. The van der Waals surface area contributed by atoms with Crippen molar-refractivity contribution in [2.75, 3.05) is 11.5 Å². The predicted molar refractivity (Wildman–Crippen MR) is 108 cm³/mol. The summed E-state index contributed by atoms with van der Waals surface area (Å²) in [6, 6.07) is 0.903. The number of carbonyl (C=O) groups excluding carboxylic acids is 1. The second kappa shape index (κ2) is 6.51. The number of nitrogens with zero attached hydrogens (tertiary/aromatic N) is 1. The summed E-state index contributed by atoms with van der Waals surface area (Å²) in [5.74, 6) is 5.39. The van der Waals surface area contributed by atoms with Gasteiger partial charge in [-0.1, -0.05) is 6.08 Å². The summed E-state index contributed by atoms with van der Waals surface area (Å²) in [5.41, 5.74) is 1.67. The Kier molecular flexibility index (Phi) is 4.44. The van der Waals surface area contributed by atoms with Crippen molar-refractivity contribution in [3.63, 3.8) is 0 Å². The summed E-state index contributed by atoms with van der Waals surface area (Å²) in [4.78, 5) is 15.2. The molecule has 0 unspecified atom stereocenters. The van der Waals surface area contributed by atoms with Crippen molar-refractivity contribution in [3.8, 4) is 0 Å². The van der Waals surface area contributed by atoms with Gasteiger partial charge in [0.25, 0.3) is 0 Å². The zero-order valence-corrected chi connectivity index (χ0v) is 17.0. The number of hydrogen-bond donors (Lipinski definition) is 0. The molecule has 3 heterocycles. The molecule has 4 heteroatoms. The van der Waals surface area contributed by atoms with Gasteiger partial charge in [0.05, 0.1) is 10.1 Å². The van der Waals surface area contributed by atoms with Gasteiger partial charge in [0.1, 0.15) is 0 Å². The maximum absolute atomic E-state index is 13.0. The lowest BCUT2D eigenvalue weighted by Crippen LogP contribution is -2.57. The van der Waals surface area contributed by atoms with Crippen LogP contribution in [0.5, 0.6) is 0 Å². The van der Waals surface area contributed by atoms with Crippen LogP contribution in [0.25, 0.3) is 0 Å².